The summed E-state index contributed by atoms with van der Waals surface area (Å²) in [6.07, 6.45) is 1.33. The first-order chi connectivity index (χ1) is 20.0. The molecule has 0 spiro atoms. The number of nitrogens with one attached hydrogen (secondary N) is 4. The second-order valence-corrected chi connectivity index (χ2v) is 14.8. The molecule has 11 nitrogen and oxygen atoms in total. The van der Waals surface area contributed by atoms with Gasteiger partial charge in [0, 0.05) is 36.4 Å². The summed E-state index contributed by atoms with van der Waals surface area (Å²) in [7, 11) is 0. The van der Waals surface area contributed by atoms with Crippen LogP contribution in [-0.2, 0) is 23.9 Å². The van der Waals surface area contributed by atoms with Crippen LogP contribution in [-0.4, -0.2) is 94.3 Å². The number of carbonyl (C=O) groups excluding carboxylic acids is 4. The first kappa shape index (κ1) is 42.1. The van der Waals surface area contributed by atoms with Gasteiger partial charge >= 0.3 is 5.97 Å². The Balaban J connectivity index is 6.10. The number of aliphatic hydroxyl groups is 2. The third-order valence-corrected chi connectivity index (χ3v) is 8.06. The molecule has 0 saturated carbocycles. The Morgan fingerprint density at radius 3 is 1.91 bits per heavy atom. The Kier molecular flexibility index (Phi) is 17.5. The van der Waals surface area contributed by atoms with Crippen LogP contribution in [0.3, 0.4) is 0 Å². The van der Waals surface area contributed by atoms with Gasteiger partial charge in [-0.05, 0) is 74.3 Å². The largest absolute Gasteiger partial charge is 0.460 e. The highest BCUT2D eigenvalue weighted by atomic mass is 16.6. The van der Waals surface area contributed by atoms with E-state index < -0.39 is 46.9 Å². The molecule has 0 saturated heterocycles. The quantitative estimate of drug-likeness (QED) is 0.0775. The second kappa shape index (κ2) is 18.3. The summed E-state index contributed by atoms with van der Waals surface area (Å²) in [5.41, 5.74) is -3.42. The number of hydrogen-bond acceptors (Lipinski definition) is 10. The van der Waals surface area contributed by atoms with Crippen LogP contribution in [0.5, 0.6) is 0 Å². The molecule has 0 aromatic heterocycles. The average Bonchev–Trinajstić information content (AvgIpc) is 2.89. The van der Waals surface area contributed by atoms with Crippen molar-refractivity contribution in [1.29, 1.82) is 0 Å². The zero-order valence-electron chi connectivity index (χ0n) is 29.6. The predicted molar refractivity (Wildman–Crippen MR) is 174 cm³/mol. The number of Topliss-reactive ketones (excluding diaryl/α,β-unsaturated/α-hetero) is 2. The highest BCUT2D eigenvalue weighted by molar-refractivity contribution is 5.94. The maximum atomic E-state index is 14.2. The highest BCUT2D eigenvalue weighted by Gasteiger charge is 2.48. The van der Waals surface area contributed by atoms with E-state index >= 15 is 0 Å². The van der Waals surface area contributed by atoms with E-state index in [1.807, 2.05) is 55.4 Å². The van der Waals surface area contributed by atoms with Crippen LogP contribution in [0.4, 0.5) is 0 Å². The lowest BCUT2D eigenvalue weighted by Gasteiger charge is -2.46. The van der Waals surface area contributed by atoms with Crippen molar-refractivity contribution in [3.05, 3.63) is 0 Å². The second-order valence-electron chi connectivity index (χ2n) is 14.8. The molecule has 0 fully saturated rings. The van der Waals surface area contributed by atoms with E-state index in [1.165, 1.54) is 0 Å². The molecule has 0 aromatic rings. The van der Waals surface area contributed by atoms with Crippen LogP contribution in [0, 0.1) is 5.41 Å². The average molecular weight is 629 g/mol. The van der Waals surface area contributed by atoms with Crippen LogP contribution in [0.2, 0.25) is 0 Å². The lowest BCUT2D eigenvalue weighted by Crippen LogP contribution is -2.65. The van der Waals surface area contributed by atoms with Crippen molar-refractivity contribution >= 4 is 23.4 Å². The minimum atomic E-state index is -1.07. The molecule has 0 aliphatic carbocycles. The van der Waals surface area contributed by atoms with Gasteiger partial charge in [0.2, 0.25) is 5.91 Å². The van der Waals surface area contributed by atoms with E-state index in [2.05, 4.69) is 28.2 Å². The minimum Gasteiger partial charge on any atom is -0.460 e. The number of unbranched alkanes of at least 4 members (excludes halogenated alkanes) is 1. The molecule has 11 heteroatoms. The normalized spacial score (nSPS) is 15.1. The molecule has 0 rings (SSSR count). The number of rotatable bonds is 22. The van der Waals surface area contributed by atoms with Gasteiger partial charge in [-0.2, -0.15) is 0 Å². The fourth-order valence-electron chi connectivity index (χ4n) is 4.74. The van der Waals surface area contributed by atoms with E-state index in [0.717, 1.165) is 12.8 Å². The standard InChI is InChI=1S/C33H64N4O7/c1-13-14-19-35-32(9,10)29(43)25(15-17-26(40)34-20-23(39)21-38)37-33(11,12)31(7,8)28(42)24(36-22(2)3)16-18-27(41)44-30(4,5)6/h22-25,35-39H,13-21H2,1-12H3,(H,34,40)/t23?,24-,25-/m0/s1. The van der Waals surface area contributed by atoms with Gasteiger partial charge in [-0.15, -0.1) is 0 Å². The first-order valence-electron chi connectivity index (χ1n) is 16.2. The van der Waals surface area contributed by atoms with Gasteiger partial charge in [0.25, 0.3) is 0 Å². The number of amides is 1. The van der Waals surface area contributed by atoms with Gasteiger partial charge in [0.05, 0.1) is 30.3 Å². The molecule has 258 valence electrons. The number of carbonyl (C=O) groups is 4. The minimum absolute atomic E-state index is 0.00443. The van der Waals surface area contributed by atoms with E-state index in [0.29, 0.717) is 6.54 Å². The molecule has 6 N–H and O–H groups in total. The third-order valence-electron chi connectivity index (χ3n) is 8.06. The Hall–Kier alpha value is -1.92. The Morgan fingerprint density at radius 1 is 0.841 bits per heavy atom. The Labute approximate surface area is 266 Å². The van der Waals surface area contributed by atoms with Crippen molar-refractivity contribution in [2.75, 3.05) is 19.7 Å². The van der Waals surface area contributed by atoms with Crippen LogP contribution >= 0.6 is 0 Å². The molecule has 0 aliphatic heterocycles. The molecule has 1 amide bonds. The van der Waals surface area contributed by atoms with Gasteiger partial charge in [0.15, 0.2) is 11.6 Å². The van der Waals surface area contributed by atoms with Gasteiger partial charge in [-0.3, -0.25) is 19.2 Å². The topological polar surface area (TPSA) is 166 Å². The molecule has 0 aliphatic rings. The molecule has 1 unspecified atom stereocenters. The number of ketones is 2. The van der Waals surface area contributed by atoms with Crippen molar-refractivity contribution in [2.24, 2.45) is 5.41 Å². The van der Waals surface area contributed by atoms with Gasteiger partial charge < -0.3 is 36.2 Å². The fourth-order valence-corrected chi connectivity index (χ4v) is 4.74. The number of hydrogen-bond donors (Lipinski definition) is 6. The Morgan fingerprint density at radius 2 is 1.41 bits per heavy atom. The van der Waals surface area contributed by atoms with Crippen LogP contribution < -0.4 is 21.3 Å². The number of aliphatic hydroxyl groups excluding tert-OH is 2. The van der Waals surface area contributed by atoms with Gasteiger partial charge in [-0.25, -0.2) is 0 Å². The predicted octanol–water partition coefficient (Wildman–Crippen LogP) is 2.79. The van der Waals surface area contributed by atoms with Crippen molar-refractivity contribution < 1.29 is 34.1 Å². The van der Waals surface area contributed by atoms with E-state index in [9.17, 15) is 24.3 Å². The maximum absolute atomic E-state index is 14.2. The van der Waals surface area contributed by atoms with Crippen molar-refractivity contribution in [2.45, 2.75) is 163 Å². The molecular formula is C33H64N4O7. The zero-order valence-corrected chi connectivity index (χ0v) is 29.6. The van der Waals surface area contributed by atoms with Crippen molar-refractivity contribution in [3.8, 4) is 0 Å². The van der Waals surface area contributed by atoms with Crippen molar-refractivity contribution in [3.63, 3.8) is 0 Å². The molecule has 0 radical (unpaired) electrons. The SMILES string of the molecule is CCCCNC(C)(C)C(=O)[C@H](CCC(=O)NCC(O)CO)NC(C)(C)C(C)(C)C(=O)[C@H](CCC(=O)OC(C)(C)C)NC(C)C. The molecule has 0 heterocycles. The summed E-state index contributed by atoms with van der Waals surface area (Å²) >= 11 is 0. The van der Waals surface area contributed by atoms with Crippen molar-refractivity contribution in [1.82, 2.24) is 21.3 Å². The number of ether oxygens (including phenoxy) is 1. The summed E-state index contributed by atoms with van der Waals surface area (Å²) in [5.74, 6) is -0.959. The summed E-state index contributed by atoms with van der Waals surface area (Å²) in [5, 5.41) is 31.3. The van der Waals surface area contributed by atoms with Crippen LogP contribution in [0.1, 0.15) is 122 Å². The van der Waals surface area contributed by atoms with E-state index in [4.69, 9.17) is 9.84 Å². The maximum Gasteiger partial charge on any atom is 0.306 e. The summed E-state index contributed by atoms with van der Waals surface area (Å²) in [4.78, 5) is 53.1. The molecule has 0 bridgehead atoms. The highest BCUT2D eigenvalue weighted by Crippen LogP contribution is 2.35. The monoisotopic (exact) mass is 628 g/mol. The fraction of sp³-hybridized carbons (Fsp3) is 0.879. The molecule has 3 atom stereocenters. The zero-order chi connectivity index (χ0) is 34.5. The molecular weight excluding hydrogens is 564 g/mol. The lowest BCUT2D eigenvalue weighted by atomic mass is 9.68. The smallest absolute Gasteiger partial charge is 0.306 e. The van der Waals surface area contributed by atoms with Gasteiger partial charge in [0.1, 0.15) is 5.60 Å². The van der Waals surface area contributed by atoms with Crippen LogP contribution in [0.15, 0.2) is 0 Å². The van der Waals surface area contributed by atoms with E-state index in [1.54, 1.807) is 20.8 Å². The van der Waals surface area contributed by atoms with Gasteiger partial charge in [-0.1, -0.05) is 41.0 Å². The van der Waals surface area contributed by atoms with E-state index in [-0.39, 0.29) is 61.7 Å². The summed E-state index contributed by atoms with van der Waals surface area (Å²) < 4.78 is 5.46. The summed E-state index contributed by atoms with van der Waals surface area (Å²) in [6, 6.07) is -1.40. The van der Waals surface area contributed by atoms with Crippen LogP contribution in [0.25, 0.3) is 0 Å². The lowest BCUT2D eigenvalue weighted by molar-refractivity contribution is -0.155. The first-order valence-corrected chi connectivity index (χ1v) is 16.2. The molecule has 0 aromatic carbocycles. The third kappa shape index (κ3) is 14.9. The Bertz CT molecular complexity index is 926. The summed E-state index contributed by atoms with van der Waals surface area (Å²) in [6.45, 7) is 22.5. The number of esters is 1. The molecule has 44 heavy (non-hydrogen) atoms.